The second-order valence-corrected chi connectivity index (χ2v) is 7.47. The SMILES string of the molecule is CC1CC1NCC1CCN(Cc2ccc(C(=O)O)c(Cl)c2)CC1. The molecular weight excluding hydrogens is 312 g/mol. The standard InChI is InChI=1S/C18H25ClN2O2/c1-12-8-17(12)20-10-13-4-6-21(7-5-13)11-14-2-3-15(18(22)23)16(19)9-14/h2-3,9,12-13,17,20H,4-8,10-11H2,1H3,(H,22,23). The van der Waals surface area contributed by atoms with Crippen molar-refractivity contribution in [2.45, 2.75) is 38.8 Å². The number of hydrogen-bond acceptors (Lipinski definition) is 3. The molecule has 2 unspecified atom stereocenters. The van der Waals surface area contributed by atoms with Gasteiger partial charge < -0.3 is 10.4 Å². The number of hydrogen-bond donors (Lipinski definition) is 2. The molecule has 1 saturated heterocycles. The Hall–Kier alpha value is -1.10. The maximum Gasteiger partial charge on any atom is 0.337 e. The van der Waals surface area contributed by atoms with E-state index in [9.17, 15) is 4.79 Å². The second kappa shape index (κ2) is 7.20. The molecule has 2 atom stereocenters. The van der Waals surface area contributed by atoms with E-state index < -0.39 is 5.97 Å². The number of carboxylic acids is 1. The summed E-state index contributed by atoms with van der Waals surface area (Å²) in [7, 11) is 0. The topological polar surface area (TPSA) is 52.6 Å². The molecule has 1 aliphatic heterocycles. The quantitative estimate of drug-likeness (QED) is 0.837. The molecule has 3 rings (SSSR count). The maximum atomic E-state index is 11.0. The molecule has 2 aliphatic rings. The molecular formula is C18H25ClN2O2. The number of benzene rings is 1. The highest BCUT2D eigenvalue weighted by Gasteiger charge is 2.32. The fraction of sp³-hybridized carbons (Fsp3) is 0.611. The number of carbonyl (C=O) groups is 1. The first-order chi connectivity index (χ1) is 11.0. The monoisotopic (exact) mass is 336 g/mol. The van der Waals surface area contributed by atoms with Gasteiger partial charge in [0.1, 0.15) is 0 Å². The van der Waals surface area contributed by atoms with E-state index in [4.69, 9.17) is 16.7 Å². The van der Waals surface area contributed by atoms with E-state index in [0.717, 1.165) is 49.6 Å². The average Bonchev–Trinajstić information content (AvgIpc) is 3.22. The Morgan fingerprint density at radius 1 is 1.39 bits per heavy atom. The average molecular weight is 337 g/mol. The van der Waals surface area contributed by atoms with Gasteiger partial charge in [0.25, 0.3) is 0 Å². The van der Waals surface area contributed by atoms with Gasteiger partial charge in [-0.1, -0.05) is 24.6 Å². The first kappa shape index (κ1) is 16.7. The maximum absolute atomic E-state index is 11.0. The third-order valence-electron chi connectivity index (χ3n) is 5.16. The van der Waals surface area contributed by atoms with Crippen LogP contribution in [0.2, 0.25) is 5.02 Å². The Balaban J connectivity index is 1.45. The summed E-state index contributed by atoms with van der Waals surface area (Å²) in [4.78, 5) is 13.4. The van der Waals surface area contributed by atoms with E-state index in [1.165, 1.54) is 19.3 Å². The zero-order valence-electron chi connectivity index (χ0n) is 13.6. The number of piperidine rings is 1. The summed E-state index contributed by atoms with van der Waals surface area (Å²) in [6, 6.07) is 6.03. The van der Waals surface area contributed by atoms with Crippen molar-refractivity contribution in [1.82, 2.24) is 10.2 Å². The van der Waals surface area contributed by atoms with E-state index >= 15 is 0 Å². The fourth-order valence-electron chi connectivity index (χ4n) is 3.36. The summed E-state index contributed by atoms with van der Waals surface area (Å²) in [5, 5.41) is 13.0. The molecule has 0 spiro atoms. The number of aromatic carboxylic acids is 1. The molecule has 4 nitrogen and oxygen atoms in total. The van der Waals surface area contributed by atoms with E-state index in [1.807, 2.05) is 6.07 Å². The molecule has 0 bridgehead atoms. The highest BCUT2D eigenvalue weighted by Crippen LogP contribution is 2.29. The van der Waals surface area contributed by atoms with Crippen molar-refractivity contribution >= 4 is 17.6 Å². The van der Waals surface area contributed by atoms with E-state index in [2.05, 4.69) is 17.1 Å². The van der Waals surface area contributed by atoms with Crippen molar-refractivity contribution in [2.75, 3.05) is 19.6 Å². The van der Waals surface area contributed by atoms with Crippen molar-refractivity contribution < 1.29 is 9.90 Å². The van der Waals surface area contributed by atoms with Crippen LogP contribution < -0.4 is 5.32 Å². The van der Waals surface area contributed by atoms with Crippen molar-refractivity contribution in [3.8, 4) is 0 Å². The largest absolute Gasteiger partial charge is 0.478 e. The molecule has 126 valence electrons. The Kier molecular flexibility index (Phi) is 5.24. The lowest BCUT2D eigenvalue weighted by atomic mass is 9.96. The van der Waals surface area contributed by atoms with E-state index in [1.54, 1.807) is 12.1 Å². The van der Waals surface area contributed by atoms with Crippen LogP contribution in [0.25, 0.3) is 0 Å². The number of rotatable bonds is 6. The third-order valence-corrected chi connectivity index (χ3v) is 5.47. The van der Waals surface area contributed by atoms with Crippen LogP contribution >= 0.6 is 11.6 Å². The van der Waals surface area contributed by atoms with E-state index in [0.29, 0.717) is 5.02 Å². The lowest BCUT2D eigenvalue weighted by Crippen LogP contribution is -2.37. The Morgan fingerprint density at radius 2 is 2.09 bits per heavy atom. The highest BCUT2D eigenvalue weighted by atomic mass is 35.5. The number of likely N-dealkylation sites (tertiary alicyclic amines) is 1. The number of carboxylic acid groups (broad SMARTS) is 1. The summed E-state index contributed by atoms with van der Waals surface area (Å²) < 4.78 is 0. The summed E-state index contributed by atoms with van der Waals surface area (Å²) >= 11 is 6.05. The molecule has 2 N–H and O–H groups in total. The first-order valence-electron chi connectivity index (χ1n) is 8.50. The van der Waals surface area contributed by atoms with Crippen molar-refractivity contribution in [3.05, 3.63) is 34.3 Å². The lowest BCUT2D eigenvalue weighted by molar-refractivity contribution is 0.0697. The van der Waals surface area contributed by atoms with Crippen LogP contribution in [-0.4, -0.2) is 41.7 Å². The zero-order chi connectivity index (χ0) is 16.4. The van der Waals surface area contributed by atoms with Crippen LogP contribution in [0.3, 0.4) is 0 Å². The fourth-order valence-corrected chi connectivity index (χ4v) is 3.65. The zero-order valence-corrected chi connectivity index (χ0v) is 14.4. The molecule has 0 radical (unpaired) electrons. The smallest absolute Gasteiger partial charge is 0.337 e. The van der Waals surface area contributed by atoms with Gasteiger partial charge in [-0.25, -0.2) is 4.79 Å². The Bertz CT molecular complexity index is 570. The molecule has 1 heterocycles. The number of halogens is 1. The van der Waals surface area contributed by atoms with Crippen LogP contribution in [0.4, 0.5) is 0 Å². The lowest BCUT2D eigenvalue weighted by Gasteiger charge is -2.32. The minimum atomic E-state index is -0.972. The molecule has 1 aromatic carbocycles. The van der Waals surface area contributed by atoms with Crippen LogP contribution in [0.1, 0.15) is 42.1 Å². The molecule has 1 aliphatic carbocycles. The van der Waals surface area contributed by atoms with Gasteiger partial charge in [0, 0.05) is 12.6 Å². The molecule has 1 saturated carbocycles. The van der Waals surface area contributed by atoms with Gasteiger partial charge in [0.15, 0.2) is 0 Å². The van der Waals surface area contributed by atoms with Crippen molar-refractivity contribution in [3.63, 3.8) is 0 Å². The van der Waals surface area contributed by atoms with Gasteiger partial charge in [-0.2, -0.15) is 0 Å². The molecule has 0 amide bonds. The summed E-state index contributed by atoms with van der Waals surface area (Å²) in [6.45, 7) is 6.51. The van der Waals surface area contributed by atoms with Gasteiger partial charge in [0.2, 0.25) is 0 Å². The summed E-state index contributed by atoms with van der Waals surface area (Å²) in [5.41, 5.74) is 1.26. The van der Waals surface area contributed by atoms with Gasteiger partial charge in [-0.15, -0.1) is 0 Å². The molecule has 1 aromatic rings. The van der Waals surface area contributed by atoms with Gasteiger partial charge in [-0.05, 0) is 68.4 Å². The predicted molar refractivity (Wildman–Crippen MR) is 92.0 cm³/mol. The normalized spacial score (nSPS) is 25.5. The Morgan fingerprint density at radius 3 is 2.65 bits per heavy atom. The van der Waals surface area contributed by atoms with Gasteiger partial charge in [0.05, 0.1) is 10.6 Å². The number of nitrogens with one attached hydrogen (secondary N) is 1. The summed E-state index contributed by atoms with van der Waals surface area (Å²) in [5.74, 6) is 0.686. The first-order valence-corrected chi connectivity index (χ1v) is 8.88. The van der Waals surface area contributed by atoms with Crippen LogP contribution in [0.15, 0.2) is 18.2 Å². The second-order valence-electron chi connectivity index (χ2n) is 7.07. The third kappa shape index (κ3) is 4.46. The summed E-state index contributed by atoms with van der Waals surface area (Å²) in [6.07, 6.45) is 3.80. The molecule has 5 heteroatoms. The predicted octanol–water partition coefficient (Wildman–Crippen LogP) is 3.25. The van der Waals surface area contributed by atoms with Crippen molar-refractivity contribution in [2.24, 2.45) is 11.8 Å². The van der Waals surface area contributed by atoms with Crippen LogP contribution in [0, 0.1) is 11.8 Å². The highest BCUT2D eigenvalue weighted by molar-refractivity contribution is 6.33. The molecule has 2 fully saturated rings. The van der Waals surface area contributed by atoms with Crippen LogP contribution in [0.5, 0.6) is 0 Å². The number of nitrogens with zero attached hydrogens (tertiary/aromatic N) is 1. The van der Waals surface area contributed by atoms with Crippen molar-refractivity contribution in [1.29, 1.82) is 0 Å². The van der Waals surface area contributed by atoms with Crippen LogP contribution in [-0.2, 0) is 6.54 Å². The minimum Gasteiger partial charge on any atom is -0.478 e. The molecule has 23 heavy (non-hydrogen) atoms. The van der Waals surface area contributed by atoms with Gasteiger partial charge >= 0.3 is 5.97 Å². The Labute approximate surface area is 142 Å². The molecule has 0 aromatic heterocycles. The minimum absolute atomic E-state index is 0.175. The van der Waals surface area contributed by atoms with Gasteiger partial charge in [-0.3, -0.25) is 4.90 Å². The van der Waals surface area contributed by atoms with E-state index in [-0.39, 0.29) is 5.56 Å².